The minimum atomic E-state index is -0.517. The van der Waals surface area contributed by atoms with Gasteiger partial charge < -0.3 is 9.47 Å². The van der Waals surface area contributed by atoms with E-state index in [-0.39, 0.29) is 17.5 Å². The molecule has 0 saturated carbocycles. The minimum Gasteiger partial charge on any atom is -0.327 e. The number of nitrogens with zero attached hydrogens (tertiary/aromatic N) is 6. The number of hydrogen-bond acceptors (Lipinski definition) is 6. The number of rotatable bonds is 2. The molecule has 1 aliphatic rings. The molecule has 4 rings (SSSR count). The van der Waals surface area contributed by atoms with E-state index >= 15 is 0 Å². The molecule has 128 valence electrons. The van der Waals surface area contributed by atoms with Crippen LogP contribution in [0.15, 0.2) is 24.3 Å². The first kappa shape index (κ1) is 15.8. The van der Waals surface area contributed by atoms with Crippen molar-refractivity contribution in [2.75, 3.05) is 6.54 Å². The molecular weight excluding hydrogens is 343 g/mol. The molecule has 1 atom stereocenters. The molecule has 0 N–H and O–H groups in total. The van der Waals surface area contributed by atoms with Crippen molar-refractivity contribution in [2.45, 2.75) is 26.4 Å². The van der Waals surface area contributed by atoms with Gasteiger partial charge in [-0.3, -0.25) is 4.79 Å². The third-order valence-electron chi connectivity index (χ3n) is 4.27. The number of aryl methyl sites for hydroxylation is 1. The SMILES string of the molecule is Cc1nsc(-c2nnc3n2CCN(C(=O)c2ccccc2F)[C@@H]3C)n1. The van der Waals surface area contributed by atoms with Crippen LogP contribution >= 0.6 is 11.5 Å². The highest BCUT2D eigenvalue weighted by Gasteiger charge is 2.33. The standard InChI is InChI=1S/C16H15FN6OS/c1-9-13-19-20-14(15-18-10(2)21-25-15)23(13)8-7-22(9)16(24)11-5-3-4-6-12(11)17/h3-6,9H,7-8H2,1-2H3/t9-/m1/s1. The zero-order valence-electron chi connectivity index (χ0n) is 13.7. The fraction of sp³-hybridized carbons (Fsp3) is 0.312. The summed E-state index contributed by atoms with van der Waals surface area (Å²) >= 11 is 1.27. The number of amides is 1. The van der Waals surface area contributed by atoms with Gasteiger partial charge in [0.25, 0.3) is 5.91 Å². The van der Waals surface area contributed by atoms with Crippen molar-refractivity contribution >= 4 is 17.4 Å². The fourth-order valence-corrected chi connectivity index (χ4v) is 3.66. The van der Waals surface area contributed by atoms with Crippen LogP contribution in [0.1, 0.15) is 35.0 Å². The van der Waals surface area contributed by atoms with E-state index in [2.05, 4.69) is 19.6 Å². The summed E-state index contributed by atoms with van der Waals surface area (Å²) in [6.45, 7) is 4.67. The normalized spacial score (nSPS) is 16.8. The van der Waals surface area contributed by atoms with Crippen molar-refractivity contribution in [3.63, 3.8) is 0 Å². The number of carbonyl (C=O) groups is 1. The Labute approximate surface area is 147 Å². The summed E-state index contributed by atoms with van der Waals surface area (Å²) in [5.41, 5.74) is 0.0716. The van der Waals surface area contributed by atoms with Crippen molar-refractivity contribution in [2.24, 2.45) is 0 Å². The van der Waals surface area contributed by atoms with Crippen molar-refractivity contribution in [3.05, 3.63) is 47.3 Å². The molecule has 2 aromatic heterocycles. The molecule has 0 bridgehead atoms. The smallest absolute Gasteiger partial charge is 0.257 e. The molecule has 1 aromatic carbocycles. The molecule has 0 radical (unpaired) electrons. The molecule has 25 heavy (non-hydrogen) atoms. The number of carbonyl (C=O) groups excluding carboxylic acids is 1. The Kier molecular flexibility index (Phi) is 3.79. The van der Waals surface area contributed by atoms with Gasteiger partial charge in [-0.05, 0) is 37.5 Å². The predicted molar refractivity (Wildman–Crippen MR) is 89.5 cm³/mol. The van der Waals surface area contributed by atoms with Crippen molar-refractivity contribution in [3.8, 4) is 10.8 Å². The van der Waals surface area contributed by atoms with Crippen LogP contribution in [0, 0.1) is 12.7 Å². The quantitative estimate of drug-likeness (QED) is 0.703. The molecule has 0 aliphatic carbocycles. The van der Waals surface area contributed by atoms with Gasteiger partial charge in [0.05, 0.1) is 11.6 Å². The molecule has 9 heteroatoms. The summed E-state index contributed by atoms with van der Waals surface area (Å²) < 4.78 is 20.1. The zero-order chi connectivity index (χ0) is 17.6. The maximum atomic E-state index is 14.0. The van der Waals surface area contributed by atoms with Gasteiger partial charge in [-0.15, -0.1) is 10.2 Å². The lowest BCUT2D eigenvalue weighted by Crippen LogP contribution is -2.41. The van der Waals surface area contributed by atoms with Crippen LogP contribution in [0.5, 0.6) is 0 Å². The second kappa shape index (κ2) is 5.99. The van der Waals surface area contributed by atoms with Gasteiger partial charge in [-0.1, -0.05) is 12.1 Å². The Morgan fingerprint density at radius 3 is 2.80 bits per heavy atom. The van der Waals surface area contributed by atoms with E-state index in [4.69, 9.17) is 0 Å². The van der Waals surface area contributed by atoms with E-state index in [9.17, 15) is 9.18 Å². The minimum absolute atomic E-state index is 0.0716. The van der Waals surface area contributed by atoms with Crippen molar-refractivity contribution in [1.29, 1.82) is 0 Å². The van der Waals surface area contributed by atoms with E-state index < -0.39 is 5.82 Å². The van der Waals surface area contributed by atoms with Crippen LogP contribution in [-0.2, 0) is 6.54 Å². The summed E-state index contributed by atoms with van der Waals surface area (Å²) in [6, 6.07) is 5.71. The molecule has 7 nitrogen and oxygen atoms in total. The Hall–Kier alpha value is -2.68. The molecular formula is C16H15FN6OS. The molecule has 0 unspecified atom stereocenters. The maximum Gasteiger partial charge on any atom is 0.257 e. The molecule has 1 aliphatic heterocycles. The monoisotopic (exact) mass is 358 g/mol. The Morgan fingerprint density at radius 1 is 1.28 bits per heavy atom. The first-order chi connectivity index (χ1) is 12.1. The van der Waals surface area contributed by atoms with E-state index in [1.54, 1.807) is 17.0 Å². The Balaban J connectivity index is 1.66. The topological polar surface area (TPSA) is 76.8 Å². The first-order valence-electron chi connectivity index (χ1n) is 7.85. The molecule has 3 heterocycles. The number of fused-ring (bicyclic) bond motifs is 1. The Bertz CT molecular complexity index is 952. The van der Waals surface area contributed by atoms with Crippen LogP contribution in [0.25, 0.3) is 10.8 Å². The first-order valence-corrected chi connectivity index (χ1v) is 8.63. The average Bonchev–Trinajstić information content (AvgIpc) is 3.21. The molecule has 1 amide bonds. The van der Waals surface area contributed by atoms with Gasteiger partial charge in [-0.2, -0.15) is 4.37 Å². The summed E-state index contributed by atoms with van der Waals surface area (Å²) in [5.74, 6) is 1.16. The van der Waals surface area contributed by atoms with Gasteiger partial charge in [0.1, 0.15) is 11.6 Å². The number of aromatic nitrogens is 5. The van der Waals surface area contributed by atoms with Gasteiger partial charge in [-0.25, -0.2) is 9.37 Å². The lowest BCUT2D eigenvalue weighted by molar-refractivity contribution is 0.0633. The van der Waals surface area contributed by atoms with Gasteiger partial charge >= 0.3 is 0 Å². The van der Waals surface area contributed by atoms with E-state index in [0.29, 0.717) is 35.6 Å². The average molecular weight is 358 g/mol. The molecule has 0 saturated heterocycles. The van der Waals surface area contributed by atoms with Crippen LogP contribution in [-0.4, -0.2) is 41.5 Å². The van der Waals surface area contributed by atoms with Crippen LogP contribution < -0.4 is 0 Å². The summed E-state index contributed by atoms with van der Waals surface area (Å²) in [5, 5.41) is 9.17. The van der Waals surface area contributed by atoms with Crippen molar-refractivity contribution < 1.29 is 9.18 Å². The number of halogens is 1. The van der Waals surface area contributed by atoms with Gasteiger partial charge in [0.2, 0.25) is 0 Å². The van der Waals surface area contributed by atoms with Crippen LogP contribution in [0.4, 0.5) is 4.39 Å². The number of benzene rings is 1. The summed E-state index contributed by atoms with van der Waals surface area (Å²) in [4.78, 5) is 18.7. The molecule has 0 spiro atoms. The maximum absolute atomic E-state index is 14.0. The van der Waals surface area contributed by atoms with Gasteiger partial charge in [0.15, 0.2) is 16.7 Å². The highest BCUT2D eigenvalue weighted by molar-refractivity contribution is 7.09. The predicted octanol–water partition coefficient (Wildman–Crippen LogP) is 2.46. The Morgan fingerprint density at radius 2 is 2.08 bits per heavy atom. The van der Waals surface area contributed by atoms with Crippen LogP contribution in [0.3, 0.4) is 0 Å². The second-order valence-corrected chi connectivity index (χ2v) is 6.59. The van der Waals surface area contributed by atoms with Crippen molar-refractivity contribution in [1.82, 2.24) is 29.0 Å². The van der Waals surface area contributed by atoms with E-state index in [1.165, 1.54) is 23.7 Å². The lowest BCUT2D eigenvalue weighted by Gasteiger charge is -2.33. The second-order valence-electron chi connectivity index (χ2n) is 5.83. The van der Waals surface area contributed by atoms with Gasteiger partial charge in [0, 0.05) is 13.1 Å². The number of hydrogen-bond donors (Lipinski definition) is 0. The van der Waals surface area contributed by atoms with E-state index in [1.807, 2.05) is 18.4 Å². The lowest BCUT2D eigenvalue weighted by atomic mass is 10.1. The largest absolute Gasteiger partial charge is 0.327 e. The summed E-state index contributed by atoms with van der Waals surface area (Å²) in [7, 11) is 0. The third-order valence-corrected chi connectivity index (χ3v) is 5.07. The third kappa shape index (κ3) is 2.60. The molecule has 3 aromatic rings. The van der Waals surface area contributed by atoms with Crippen LogP contribution in [0.2, 0.25) is 0 Å². The zero-order valence-corrected chi connectivity index (χ0v) is 14.5. The summed E-state index contributed by atoms with van der Waals surface area (Å²) in [6.07, 6.45) is 0. The van der Waals surface area contributed by atoms with E-state index in [0.717, 1.165) is 0 Å². The highest BCUT2D eigenvalue weighted by atomic mass is 32.1. The molecule has 0 fully saturated rings. The fourth-order valence-electron chi connectivity index (χ4n) is 3.00. The highest BCUT2D eigenvalue weighted by Crippen LogP contribution is 2.30.